The lowest BCUT2D eigenvalue weighted by molar-refractivity contribution is -0.147. The maximum absolute atomic E-state index is 13.1. The zero-order chi connectivity index (χ0) is 18.9. The Morgan fingerprint density at radius 2 is 1.81 bits per heavy atom. The van der Waals surface area contributed by atoms with Crippen molar-refractivity contribution in [1.29, 1.82) is 5.26 Å². The van der Waals surface area contributed by atoms with Crippen molar-refractivity contribution >= 4 is 27.4 Å². The van der Waals surface area contributed by atoms with Crippen molar-refractivity contribution in [2.75, 3.05) is 6.61 Å². The van der Waals surface area contributed by atoms with Crippen LogP contribution in [-0.4, -0.2) is 26.2 Å². The second-order valence-corrected chi connectivity index (χ2v) is 8.51. The van der Waals surface area contributed by atoms with Crippen molar-refractivity contribution in [3.05, 3.63) is 65.2 Å². The van der Waals surface area contributed by atoms with Crippen molar-refractivity contribution in [3.8, 4) is 6.07 Å². The minimum atomic E-state index is -3.91. The second-order valence-electron chi connectivity index (χ2n) is 6.01. The Bertz CT molecular complexity index is 967. The molecule has 7 heteroatoms. The molecule has 3 atom stereocenters. The van der Waals surface area contributed by atoms with Gasteiger partial charge >= 0.3 is 5.97 Å². The number of esters is 1. The van der Waals surface area contributed by atoms with Crippen LogP contribution in [0.3, 0.4) is 0 Å². The fourth-order valence-electron chi connectivity index (χ4n) is 3.32. The van der Waals surface area contributed by atoms with Gasteiger partial charge in [0.2, 0.25) is 0 Å². The summed E-state index contributed by atoms with van der Waals surface area (Å²) in [5.74, 6) is -1.62. The van der Waals surface area contributed by atoms with E-state index in [1.165, 1.54) is 12.1 Å². The van der Waals surface area contributed by atoms with Crippen LogP contribution in [0.15, 0.2) is 59.5 Å². The van der Waals surface area contributed by atoms with Gasteiger partial charge in [0.15, 0.2) is 15.3 Å². The molecule has 26 heavy (non-hydrogen) atoms. The van der Waals surface area contributed by atoms with Gasteiger partial charge < -0.3 is 4.74 Å². The molecule has 0 bridgehead atoms. The Morgan fingerprint density at radius 3 is 2.35 bits per heavy atom. The number of benzene rings is 2. The first-order valence-electron chi connectivity index (χ1n) is 8.02. The number of sulfone groups is 1. The molecule has 3 rings (SSSR count). The predicted molar refractivity (Wildman–Crippen MR) is 96.3 cm³/mol. The molecule has 1 fully saturated rings. The average molecular weight is 390 g/mol. The second kappa shape index (κ2) is 6.75. The van der Waals surface area contributed by atoms with E-state index in [0.29, 0.717) is 10.6 Å². The summed E-state index contributed by atoms with van der Waals surface area (Å²) in [6, 6.07) is 16.2. The molecular weight excluding hydrogens is 374 g/mol. The van der Waals surface area contributed by atoms with Crippen LogP contribution in [-0.2, 0) is 19.4 Å². The molecule has 1 saturated carbocycles. The van der Waals surface area contributed by atoms with Gasteiger partial charge in [-0.3, -0.25) is 4.79 Å². The van der Waals surface area contributed by atoms with Gasteiger partial charge in [-0.25, -0.2) is 8.42 Å². The van der Waals surface area contributed by atoms with Crippen molar-refractivity contribution in [2.45, 2.75) is 23.0 Å². The third-order valence-electron chi connectivity index (χ3n) is 4.57. The van der Waals surface area contributed by atoms with E-state index in [0.717, 1.165) is 0 Å². The van der Waals surface area contributed by atoms with Gasteiger partial charge in [0.05, 0.1) is 17.6 Å². The maximum Gasteiger partial charge on any atom is 0.328 e. The summed E-state index contributed by atoms with van der Waals surface area (Å²) in [6.07, 6.45) is 0. The number of carbonyl (C=O) groups excluding carboxylic acids is 1. The highest BCUT2D eigenvalue weighted by molar-refractivity contribution is 7.92. The SMILES string of the molecule is CCOC(=O)[C@@]1(C#N)[C@H](c2ccc(Cl)cc2)[C@@H]1S(=O)(=O)c1ccccc1. The molecule has 0 heterocycles. The molecule has 0 aromatic heterocycles. The minimum Gasteiger partial charge on any atom is -0.465 e. The normalized spacial score (nSPS) is 24.5. The van der Waals surface area contributed by atoms with Crippen LogP contribution in [0.5, 0.6) is 0 Å². The van der Waals surface area contributed by atoms with E-state index in [-0.39, 0.29) is 11.5 Å². The highest BCUT2D eigenvalue weighted by Crippen LogP contribution is 2.64. The minimum absolute atomic E-state index is 0.0632. The van der Waals surface area contributed by atoms with Crippen molar-refractivity contribution in [1.82, 2.24) is 0 Å². The zero-order valence-corrected chi connectivity index (χ0v) is 15.5. The number of hydrogen-bond donors (Lipinski definition) is 0. The highest BCUT2D eigenvalue weighted by Gasteiger charge is 2.77. The van der Waals surface area contributed by atoms with Gasteiger partial charge in [-0.1, -0.05) is 41.9 Å². The topological polar surface area (TPSA) is 84.2 Å². The Labute approximate surface area is 157 Å². The van der Waals surface area contributed by atoms with Crippen LogP contribution in [0, 0.1) is 16.7 Å². The Hall–Kier alpha value is -2.36. The van der Waals surface area contributed by atoms with Crippen molar-refractivity contribution < 1.29 is 17.9 Å². The third-order valence-corrected chi connectivity index (χ3v) is 7.06. The van der Waals surface area contributed by atoms with Crippen LogP contribution >= 0.6 is 11.6 Å². The fraction of sp³-hybridized carbons (Fsp3) is 0.263. The van der Waals surface area contributed by atoms with Gasteiger partial charge in [0.1, 0.15) is 5.25 Å². The predicted octanol–water partition coefficient (Wildman–Crippen LogP) is 3.35. The van der Waals surface area contributed by atoms with Gasteiger partial charge in [-0.15, -0.1) is 0 Å². The van der Waals surface area contributed by atoms with E-state index in [1.54, 1.807) is 49.4 Å². The molecule has 0 saturated heterocycles. The third kappa shape index (κ3) is 2.77. The number of ether oxygens (including phenoxy) is 1. The molecule has 0 N–H and O–H groups in total. The van der Waals surface area contributed by atoms with Crippen LogP contribution < -0.4 is 0 Å². The van der Waals surface area contributed by atoms with Crippen LogP contribution in [0.1, 0.15) is 18.4 Å². The average Bonchev–Trinajstić information content (AvgIpc) is 3.35. The molecule has 0 unspecified atom stereocenters. The van der Waals surface area contributed by atoms with Gasteiger partial charge in [-0.05, 0) is 36.8 Å². The van der Waals surface area contributed by atoms with Gasteiger partial charge in [-0.2, -0.15) is 5.26 Å². The van der Waals surface area contributed by atoms with Gasteiger partial charge in [0, 0.05) is 10.9 Å². The molecule has 5 nitrogen and oxygen atoms in total. The fourth-order valence-corrected chi connectivity index (χ4v) is 5.71. The molecule has 0 aliphatic heterocycles. The first kappa shape index (κ1) is 18.4. The molecule has 134 valence electrons. The number of hydrogen-bond acceptors (Lipinski definition) is 5. The zero-order valence-electron chi connectivity index (χ0n) is 13.9. The van der Waals surface area contributed by atoms with Gasteiger partial charge in [0.25, 0.3) is 0 Å². The molecule has 0 radical (unpaired) electrons. The Kier molecular flexibility index (Phi) is 4.78. The number of halogens is 1. The monoisotopic (exact) mass is 389 g/mol. The quantitative estimate of drug-likeness (QED) is 0.732. The van der Waals surface area contributed by atoms with E-state index in [4.69, 9.17) is 16.3 Å². The van der Waals surface area contributed by atoms with E-state index in [2.05, 4.69) is 0 Å². The van der Waals surface area contributed by atoms with Crippen molar-refractivity contribution in [3.63, 3.8) is 0 Å². The lowest BCUT2D eigenvalue weighted by Gasteiger charge is -2.09. The molecular formula is C19H16ClNO4S. The smallest absolute Gasteiger partial charge is 0.328 e. The van der Waals surface area contributed by atoms with Crippen LogP contribution in [0.2, 0.25) is 5.02 Å². The summed E-state index contributed by atoms with van der Waals surface area (Å²) in [7, 11) is -3.91. The molecule has 2 aromatic rings. The Morgan fingerprint density at radius 1 is 1.19 bits per heavy atom. The molecule has 2 aromatic carbocycles. The van der Waals surface area contributed by atoms with Crippen LogP contribution in [0.4, 0.5) is 0 Å². The van der Waals surface area contributed by atoms with E-state index < -0.39 is 32.4 Å². The van der Waals surface area contributed by atoms with E-state index in [1.807, 2.05) is 6.07 Å². The molecule has 0 spiro atoms. The lowest BCUT2D eigenvalue weighted by Crippen LogP contribution is -2.25. The number of nitriles is 1. The molecule has 0 amide bonds. The highest BCUT2D eigenvalue weighted by atomic mass is 35.5. The number of rotatable bonds is 5. The standard InChI is InChI=1S/C19H16ClNO4S/c1-2-25-18(22)19(12-21)16(13-8-10-14(20)11-9-13)17(19)26(23,24)15-6-4-3-5-7-15/h3-11,16-17H,2H2,1H3/t16-,17+,19+/m1/s1. The lowest BCUT2D eigenvalue weighted by atomic mass is 10.0. The van der Waals surface area contributed by atoms with Crippen molar-refractivity contribution in [2.24, 2.45) is 5.41 Å². The summed E-state index contributed by atoms with van der Waals surface area (Å²) < 4.78 is 31.3. The first-order chi connectivity index (χ1) is 12.4. The Balaban J connectivity index is 2.13. The summed E-state index contributed by atoms with van der Waals surface area (Å²) in [5, 5.41) is 9.06. The maximum atomic E-state index is 13.1. The summed E-state index contributed by atoms with van der Waals surface area (Å²) >= 11 is 5.90. The molecule has 1 aliphatic rings. The summed E-state index contributed by atoms with van der Waals surface area (Å²) in [5.41, 5.74) is -1.20. The van der Waals surface area contributed by atoms with Crippen LogP contribution in [0.25, 0.3) is 0 Å². The summed E-state index contributed by atoms with van der Waals surface area (Å²) in [6.45, 7) is 1.68. The summed E-state index contributed by atoms with van der Waals surface area (Å²) in [4.78, 5) is 12.6. The van der Waals surface area contributed by atoms with E-state index in [9.17, 15) is 18.5 Å². The first-order valence-corrected chi connectivity index (χ1v) is 9.95. The molecule has 1 aliphatic carbocycles. The number of nitrogens with zero attached hydrogens (tertiary/aromatic N) is 1. The van der Waals surface area contributed by atoms with E-state index >= 15 is 0 Å². The number of carbonyl (C=O) groups is 1. The largest absolute Gasteiger partial charge is 0.465 e.